The molecule has 0 atom stereocenters. The van der Waals surface area contributed by atoms with Crippen LogP contribution in [0.3, 0.4) is 0 Å². The molecule has 6 heteroatoms. The Morgan fingerprint density at radius 2 is 2.00 bits per heavy atom. The van der Waals surface area contributed by atoms with Crippen molar-refractivity contribution in [1.29, 1.82) is 0 Å². The van der Waals surface area contributed by atoms with Gasteiger partial charge in [-0.25, -0.2) is 0 Å². The van der Waals surface area contributed by atoms with E-state index in [1.165, 1.54) is 11.8 Å². The molecule has 1 aliphatic rings. The molecule has 0 aromatic heterocycles. The van der Waals surface area contributed by atoms with Gasteiger partial charge in [-0.1, -0.05) is 41.0 Å². The Balaban J connectivity index is 2.35. The molecule has 0 fully saturated rings. The Morgan fingerprint density at radius 1 is 1.20 bits per heavy atom. The summed E-state index contributed by atoms with van der Waals surface area (Å²) in [5.41, 5.74) is 7.27. The number of hydrogen-bond donors (Lipinski definition) is 1. The summed E-state index contributed by atoms with van der Waals surface area (Å²) in [6.07, 6.45) is 0. The normalized spacial score (nSPS) is 15.9. The molecule has 1 aromatic carbocycles. The summed E-state index contributed by atoms with van der Waals surface area (Å²) in [6.45, 7) is 0. The molecule has 1 heterocycles. The van der Waals surface area contributed by atoms with Gasteiger partial charge in [-0.2, -0.15) is 5.10 Å². The van der Waals surface area contributed by atoms with Crippen molar-refractivity contribution in [3.8, 4) is 0 Å². The van der Waals surface area contributed by atoms with E-state index in [1.807, 2.05) is 6.07 Å². The number of benzene rings is 1. The van der Waals surface area contributed by atoms with Crippen molar-refractivity contribution < 1.29 is 0 Å². The Morgan fingerprint density at radius 3 is 2.60 bits per heavy atom. The topological polar surface area (TPSA) is 50.7 Å². The third kappa shape index (κ3) is 2.45. The van der Waals surface area contributed by atoms with E-state index in [2.05, 4.69) is 10.2 Å². The Bertz CT molecular complexity index is 457. The highest BCUT2D eigenvalue weighted by atomic mass is 35.5. The Hall–Kier alpha value is -0.710. The van der Waals surface area contributed by atoms with Crippen LogP contribution in [0.1, 0.15) is 5.56 Å². The zero-order valence-corrected chi connectivity index (χ0v) is 9.90. The van der Waals surface area contributed by atoms with Crippen molar-refractivity contribution >= 4 is 45.8 Å². The number of nitrogens with two attached hydrogens (primary N) is 1. The zero-order chi connectivity index (χ0) is 10.8. The summed E-state index contributed by atoms with van der Waals surface area (Å²) in [4.78, 5) is 0. The highest BCUT2D eigenvalue weighted by Crippen LogP contribution is 2.24. The predicted octanol–water partition coefficient (Wildman–Crippen LogP) is 2.76. The summed E-state index contributed by atoms with van der Waals surface area (Å²) in [5.74, 6) is 0.702. The summed E-state index contributed by atoms with van der Waals surface area (Å²) < 4.78 is 0. The third-order valence-corrected chi connectivity index (χ3v) is 3.41. The van der Waals surface area contributed by atoms with Crippen LogP contribution in [0, 0.1) is 0 Å². The van der Waals surface area contributed by atoms with Crippen LogP contribution >= 0.6 is 35.0 Å². The van der Waals surface area contributed by atoms with Gasteiger partial charge < -0.3 is 5.73 Å². The highest BCUT2D eigenvalue weighted by Gasteiger charge is 2.11. The maximum Gasteiger partial charge on any atom is 0.180 e. The van der Waals surface area contributed by atoms with Crippen LogP contribution in [0.15, 0.2) is 28.4 Å². The maximum absolute atomic E-state index is 5.91. The van der Waals surface area contributed by atoms with Crippen LogP contribution in [-0.2, 0) is 0 Å². The number of hydrogen-bond acceptors (Lipinski definition) is 4. The molecule has 0 saturated heterocycles. The van der Waals surface area contributed by atoms with Crippen molar-refractivity contribution in [2.45, 2.75) is 0 Å². The van der Waals surface area contributed by atoms with Gasteiger partial charge in [0.05, 0.1) is 15.8 Å². The first-order valence-electron chi connectivity index (χ1n) is 4.15. The van der Waals surface area contributed by atoms with Crippen molar-refractivity contribution in [2.75, 3.05) is 5.75 Å². The lowest BCUT2D eigenvalue weighted by atomic mass is 10.1. The number of halogens is 2. The predicted molar refractivity (Wildman–Crippen MR) is 67.1 cm³/mol. The van der Waals surface area contributed by atoms with Crippen molar-refractivity contribution in [3.63, 3.8) is 0 Å². The first-order chi connectivity index (χ1) is 7.16. The molecule has 0 amide bonds. The molecule has 0 aliphatic carbocycles. The van der Waals surface area contributed by atoms with Crippen LogP contribution in [-0.4, -0.2) is 16.6 Å². The van der Waals surface area contributed by atoms with Crippen LogP contribution in [0.25, 0.3) is 0 Å². The Kier molecular flexibility index (Phi) is 3.19. The zero-order valence-electron chi connectivity index (χ0n) is 7.58. The van der Waals surface area contributed by atoms with Crippen molar-refractivity contribution in [1.82, 2.24) is 0 Å². The number of amidine groups is 1. The van der Waals surface area contributed by atoms with E-state index in [0.29, 0.717) is 21.0 Å². The lowest BCUT2D eigenvalue weighted by Gasteiger charge is -2.09. The fourth-order valence-electron chi connectivity index (χ4n) is 1.13. The van der Waals surface area contributed by atoms with Gasteiger partial charge in [-0.3, -0.25) is 0 Å². The van der Waals surface area contributed by atoms with Gasteiger partial charge in [0.1, 0.15) is 0 Å². The van der Waals surface area contributed by atoms with Gasteiger partial charge in [0.2, 0.25) is 0 Å². The molecule has 78 valence electrons. The second-order valence-electron chi connectivity index (χ2n) is 2.90. The minimum atomic E-state index is 0.485. The number of rotatable bonds is 1. The van der Waals surface area contributed by atoms with E-state index in [0.717, 1.165) is 11.3 Å². The monoisotopic (exact) mass is 259 g/mol. The quantitative estimate of drug-likeness (QED) is 0.844. The first-order valence-corrected chi connectivity index (χ1v) is 5.89. The van der Waals surface area contributed by atoms with E-state index >= 15 is 0 Å². The van der Waals surface area contributed by atoms with E-state index in [9.17, 15) is 0 Å². The minimum absolute atomic E-state index is 0.485. The molecule has 0 radical (unpaired) electrons. The lowest BCUT2D eigenvalue weighted by Crippen LogP contribution is -2.16. The van der Waals surface area contributed by atoms with E-state index in [-0.39, 0.29) is 0 Å². The van der Waals surface area contributed by atoms with Crippen LogP contribution in [0.4, 0.5) is 0 Å². The standard InChI is InChI=1S/C9H7Cl2N3S/c10-6-2-1-5(3-7(6)11)8-4-15-9(12)14-13-8/h1-3H,4H2,(H2,12,14). The summed E-state index contributed by atoms with van der Waals surface area (Å²) in [7, 11) is 0. The molecule has 0 unspecified atom stereocenters. The van der Waals surface area contributed by atoms with Gasteiger partial charge in [0.15, 0.2) is 5.17 Å². The molecule has 0 bridgehead atoms. The second-order valence-corrected chi connectivity index (χ2v) is 4.71. The smallest absolute Gasteiger partial charge is 0.180 e. The van der Waals surface area contributed by atoms with Crippen LogP contribution in [0.5, 0.6) is 0 Å². The first kappa shape index (κ1) is 10.8. The average Bonchev–Trinajstić information content (AvgIpc) is 2.23. The van der Waals surface area contributed by atoms with Gasteiger partial charge in [-0.05, 0) is 12.1 Å². The highest BCUT2D eigenvalue weighted by molar-refractivity contribution is 8.14. The molecule has 15 heavy (non-hydrogen) atoms. The lowest BCUT2D eigenvalue weighted by molar-refractivity contribution is 1.22. The average molecular weight is 260 g/mol. The van der Waals surface area contributed by atoms with Gasteiger partial charge in [0.25, 0.3) is 0 Å². The number of thioether (sulfide) groups is 1. The van der Waals surface area contributed by atoms with Gasteiger partial charge in [-0.15, -0.1) is 5.10 Å². The second kappa shape index (κ2) is 4.43. The molecular weight excluding hydrogens is 253 g/mol. The van der Waals surface area contributed by atoms with E-state index in [4.69, 9.17) is 28.9 Å². The van der Waals surface area contributed by atoms with E-state index in [1.54, 1.807) is 12.1 Å². The van der Waals surface area contributed by atoms with E-state index < -0.39 is 0 Å². The minimum Gasteiger partial charge on any atom is -0.377 e. The van der Waals surface area contributed by atoms with Gasteiger partial charge in [0, 0.05) is 11.3 Å². The van der Waals surface area contributed by atoms with Crippen molar-refractivity contribution in [3.05, 3.63) is 33.8 Å². The molecule has 3 nitrogen and oxygen atoms in total. The largest absolute Gasteiger partial charge is 0.377 e. The molecule has 0 saturated carbocycles. The van der Waals surface area contributed by atoms with Gasteiger partial charge >= 0.3 is 0 Å². The molecule has 1 aromatic rings. The summed E-state index contributed by atoms with van der Waals surface area (Å²) in [5, 5.41) is 9.36. The van der Waals surface area contributed by atoms with Crippen molar-refractivity contribution in [2.24, 2.45) is 15.9 Å². The third-order valence-electron chi connectivity index (χ3n) is 1.88. The fourth-order valence-corrected chi connectivity index (χ4v) is 2.03. The molecule has 2 rings (SSSR count). The molecule has 1 aliphatic heterocycles. The summed E-state index contributed by atoms with van der Waals surface area (Å²) >= 11 is 13.2. The molecule has 0 spiro atoms. The molecule has 2 N–H and O–H groups in total. The fraction of sp³-hybridized carbons (Fsp3) is 0.111. The number of nitrogens with zero attached hydrogens (tertiary/aromatic N) is 2. The summed E-state index contributed by atoms with van der Waals surface area (Å²) in [6, 6.07) is 5.39. The molecular formula is C9H7Cl2N3S. The SMILES string of the molecule is NC1=NN=C(c2ccc(Cl)c(Cl)c2)CS1. The Labute approximate surface area is 101 Å². The van der Waals surface area contributed by atoms with Crippen LogP contribution in [0.2, 0.25) is 10.0 Å². The van der Waals surface area contributed by atoms with Crippen LogP contribution < -0.4 is 5.73 Å². The maximum atomic E-state index is 5.91.